The van der Waals surface area contributed by atoms with Crippen LogP contribution in [-0.4, -0.2) is 23.1 Å². The van der Waals surface area contributed by atoms with Crippen LogP contribution in [0.1, 0.15) is 40.7 Å². The fraction of sp³-hybridized carbons (Fsp3) is 0.333. The normalized spacial score (nSPS) is 10.9. The highest BCUT2D eigenvalue weighted by Gasteiger charge is 2.21. The van der Waals surface area contributed by atoms with Crippen molar-refractivity contribution in [1.29, 1.82) is 0 Å². The highest BCUT2D eigenvalue weighted by molar-refractivity contribution is 7.17. The van der Waals surface area contributed by atoms with Gasteiger partial charge in [0.2, 0.25) is 0 Å². The summed E-state index contributed by atoms with van der Waals surface area (Å²) >= 11 is 7.19. The molecule has 1 aromatic heterocycles. The number of rotatable bonds is 5. The van der Waals surface area contributed by atoms with E-state index in [1.165, 1.54) is 11.3 Å². The summed E-state index contributed by atoms with van der Waals surface area (Å²) < 4.78 is 0. The predicted octanol–water partition coefficient (Wildman–Crippen LogP) is 4.25. The van der Waals surface area contributed by atoms with E-state index in [-0.39, 0.29) is 5.92 Å². The molecule has 0 spiro atoms. The minimum Gasteiger partial charge on any atom is -0.477 e. The molecular formula is C15H17ClN2O2S. The Morgan fingerprint density at radius 2 is 2.19 bits per heavy atom. The topological polar surface area (TPSA) is 53.4 Å². The average Bonchev–Trinajstić information content (AvgIpc) is 2.84. The molecule has 0 bridgehead atoms. The van der Waals surface area contributed by atoms with E-state index in [0.717, 1.165) is 5.56 Å². The quantitative estimate of drug-likeness (QED) is 0.893. The van der Waals surface area contributed by atoms with Gasteiger partial charge >= 0.3 is 5.97 Å². The number of thiazole rings is 1. The van der Waals surface area contributed by atoms with Crippen LogP contribution in [0.2, 0.25) is 5.02 Å². The predicted molar refractivity (Wildman–Crippen MR) is 86.7 cm³/mol. The van der Waals surface area contributed by atoms with Crippen LogP contribution >= 0.6 is 22.9 Å². The van der Waals surface area contributed by atoms with Crippen molar-refractivity contribution in [1.82, 2.24) is 4.98 Å². The van der Waals surface area contributed by atoms with Crippen LogP contribution in [0.3, 0.4) is 0 Å². The number of halogens is 1. The lowest BCUT2D eigenvalue weighted by Crippen LogP contribution is -2.16. The second-order valence-electron chi connectivity index (χ2n) is 5.16. The van der Waals surface area contributed by atoms with E-state index in [0.29, 0.717) is 27.3 Å². The molecular weight excluding hydrogens is 308 g/mol. The number of benzene rings is 1. The van der Waals surface area contributed by atoms with E-state index in [2.05, 4.69) is 4.98 Å². The molecule has 0 aliphatic carbocycles. The number of carboxylic acids is 1. The van der Waals surface area contributed by atoms with Crippen LogP contribution in [0.15, 0.2) is 24.3 Å². The van der Waals surface area contributed by atoms with Gasteiger partial charge in [-0.05, 0) is 23.6 Å². The Bertz CT molecular complexity index is 655. The van der Waals surface area contributed by atoms with Crippen LogP contribution in [0.5, 0.6) is 0 Å². The number of aromatic nitrogens is 1. The maximum absolute atomic E-state index is 11.3. The van der Waals surface area contributed by atoms with Crippen LogP contribution in [-0.2, 0) is 6.54 Å². The van der Waals surface area contributed by atoms with Crippen LogP contribution in [0.4, 0.5) is 5.13 Å². The molecule has 112 valence electrons. The number of carbonyl (C=O) groups is 1. The Morgan fingerprint density at radius 3 is 2.71 bits per heavy atom. The van der Waals surface area contributed by atoms with E-state index >= 15 is 0 Å². The fourth-order valence-corrected chi connectivity index (χ4v) is 3.24. The van der Waals surface area contributed by atoms with Gasteiger partial charge in [-0.2, -0.15) is 0 Å². The monoisotopic (exact) mass is 324 g/mol. The van der Waals surface area contributed by atoms with Gasteiger partial charge in [-0.3, -0.25) is 0 Å². The zero-order chi connectivity index (χ0) is 15.6. The summed E-state index contributed by atoms with van der Waals surface area (Å²) in [5.74, 6) is -0.834. The standard InChI is InChI=1S/C15H17ClN2O2S/c1-9(2)12-13(14(19)20)21-15(17-12)18(3)8-10-5-4-6-11(16)7-10/h4-7,9H,8H2,1-3H3,(H,19,20). The van der Waals surface area contributed by atoms with Gasteiger partial charge in [0.1, 0.15) is 4.88 Å². The molecule has 2 rings (SSSR count). The molecule has 0 aliphatic heterocycles. The minimum absolute atomic E-state index is 0.0840. The van der Waals surface area contributed by atoms with E-state index in [9.17, 15) is 9.90 Å². The van der Waals surface area contributed by atoms with Crippen molar-refractivity contribution >= 4 is 34.0 Å². The average molecular weight is 325 g/mol. The number of nitrogens with zero attached hydrogens (tertiary/aromatic N) is 2. The van der Waals surface area contributed by atoms with Gasteiger partial charge in [0.25, 0.3) is 0 Å². The lowest BCUT2D eigenvalue weighted by atomic mass is 10.1. The summed E-state index contributed by atoms with van der Waals surface area (Å²) in [6, 6.07) is 7.61. The van der Waals surface area contributed by atoms with Gasteiger partial charge in [0.15, 0.2) is 5.13 Å². The number of anilines is 1. The van der Waals surface area contributed by atoms with Crippen molar-refractivity contribution in [3.63, 3.8) is 0 Å². The lowest BCUT2D eigenvalue weighted by Gasteiger charge is -2.15. The van der Waals surface area contributed by atoms with Gasteiger partial charge in [-0.15, -0.1) is 0 Å². The number of aromatic carboxylic acids is 1. The highest BCUT2D eigenvalue weighted by atomic mass is 35.5. The van der Waals surface area contributed by atoms with Crippen molar-refractivity contribution in [2.45, 2.75) is 26.3 Å². The molecule has 1 N–H and O–H groups in total. The molecule has 21 heavy (non-hydrogen) atoms. The van der Waals surface area contributed by atoms with E-state index in [1.54, 1.807) is 0 Å². The van der Waals surface area contributed by atoms with Crippen molar-refractivity contribution in [2.24, 2.45) is 0 Å². The Kier molecular flexibility index (Phi) is 4.85. The van der Waals surface area contributed by atoms with Crippen molar-refractivity contribution in [2.75, 3.05) is 11.9 Å². The summed E-state index contributed by atoms with van der Waals surface area (Å²) in [5.41, 5.74) is 1.70. The van der Waals surface area contributed by atoms with Crippen LogP contribution < -0.4 is 4.90 Å². The molecule has 0 fully saturated rings. The summed E-state index contributed by atoms with van der Waals surface area (Å²) in [6.07, 6.45) is 0. The van der Waals surface area contributed by atoms with Crippen molar-refractivity contribution < 1.29 is 9.90 Å². The van der Waals surface area contributed by atoms with Crippen molar-refractivity contribution in [3.05, 3.63) is 45.4 Å². The molecule has 0 aliphatic rings. The Hall–Kier alpha value is -1.59. The number of carboxylic acid groups (broad SMARTS) is 1. The molecule has 4 nitrogen and oxygen atoms in total. The number of hydrogen-bond acceptors (Lipinski definition) is 4. The van der Waals surface area contributed by atoms with Gasteiger partial charge in [0.05, 0.1) is 5.69 Å². The molecule has 1 heterocycles. The molecule has 0 unspecified atom stereocenters. The molecule has 0 radical (unpaired) electrons. The van der Waals surface area contributed by atoms with Crippen LogP contribution in [0.25, 0.3) is 0 Å². The first kappa shape index (κ1) is 15.8. The maximum Gasteiger partial charge on any atom is 0.347 e. The Labute approximate surface area is 133 Å². The Balaban J connectivity index is 2.25. The second kappa shape index (κ2) is 6.45. The largest absolute Gasteiger partial charge is 0.477 e. The van der Waals surface area contributed by atoms with Gasteiger partial charge in [-0.1, -0.05) is 48.9 Å². The fourth-order valence-electron chi connectivity index (χ4n) is 2.00. The third kappa shape index (κ3) is 3.74. The zero-order valence-corrected chi connectivity index (χ0v) is 13.7. The first-order valence-corrected chi connectivity index (χ1v) is 7.77. The van der Waals surface area contributed by atoms with Gasteiger partial charge < -0.3 is 10.0 Å². The zero-order valence-electron chi connectivity index (χ0n) is 12.1. The summed E-state index contributed by atoms with van der Waals surface area (Å²) in [7, 11) is 1.90. The van der Waals surface area contributed by atoms with Crippen LogP contribution in [0, 0.1) is 0 Å². The lowest BCUT2D eigenvalue weighted by molar-refractivity contribution is 0.0700. The SMILES string of the molecule is CC(C)c1nc(N(C)Cc2cccc(Cl)c2)sc1C(=O)O. The van der Waals surface area contributed by atoms with E-state index in [4.69, 9.17) is 11.6 Å². The summed E-state index contributed by atoms with van der Waals surface area (Å²) in [6.45, 7) is 4.52. The highest BCUT2D eigenvalue weighted by Crippen LogP contribution is 2.31. The van der Waals surface area contributed by atoms with Crippen molar-refractivity contribution in [3.8, 4) is 0 Å². The van der Waals surface area contributed by atoms with E-state index < -0.39 is 5.97 Å². The smallest absolute Gasteiger partial charge is 0.347 e. The molecule has 0 saturated heterocycles. The molecule has 0 atom stereocenters. The van der Waals surface area contributed by atoms with Gasteiger partial charge in [-0.25, -0.2) is 9.78 Å². The molecule has 0 saturated carbocycles. The van der Waals surface area contributed by atoms with E-state index in [1.807, 2.05) is 50.1 Å². The summed E-state index contributed by atoms with van der Waals surface area (Å²) in [4.78, 5) is 18.0. The van der Waals surface area contributed by atoms with Gasteiger partial charge in [0, 0.05) is 18.6 Å². The second-order valence-corrected chi connectivity index (χ2v) is 6.57. The third-order valence-corrected chi connectivity index (χ3v) is 4.43. The third-order valence-electron chi connectivity index (χ3n) is 3.02. The molecule has 6 heteroatoms. The maximum atomic E-state index is 11.3. The number of hydrogen-bond donors (Lipinski definition) is 1. The summed E-state index contributed by atoms with van der Waals surface area (Å²) in [5, 5.41) is 10.7. The molecule has 0 amide bonds. The minimum atomic E-state index is -0.918. The molecule has 1 aromatic carbocycles. The Morgan fingerprint density at radius 1 is 1.48 bits per heavy atom. The first-order chi connectivity index (χ1) is 9.88. The first-order valence-electron chi connectivity index (χ1n) is 6.58. The molecule has 2 aromatic rings.